The Balaban J connectivity index is 1.44. The molecule has 208 valence electrons. The van der Waals surface area contributed by atoms with Gasteiger partial charge >= 0.3 is 0 Å². The van der Waals surface area contributed by atoms with Crippen LogP contribution >= 0.6 is 0 Å². The predicted molar refractivity (Wildman–Crippen MR) is 142 cm³/mol. The number of amides is 1. The van der Waals surface area contributed by atoms with Gasteiger partial charge < -0.3 is 23.8 Å². The van der Waals surface area contributed by atoms with E-state index in [4.69, 9.17) is 18.9 Å². The quantitative estimate of drug-likeness (QED) is 0.384. The van der Waals surface area contributed by atoms with E-state index in [1.807, 2.05) is 14.2 Å². The molecule has 6 heteroatoms. The first-order valence-corrected chi connectivity index (χ1v) is 15.0. The van der Waals surface area contributed by atoms with Crippen molar-refractivity contribution in [2.75, 3.05) is 40.5 Å². The van der Waals surface area contributed by atoms with Crippen molar-refractivity contribution >= 4 is 5.91 Å². The zero-order valence-electron chi connectivity index (χ0n) is 23.6. The molecule has 0 aromatic carbocycles. The van der Waals surface area contributed by atoms with Gasteiger partial charge in [-0.15, -0.1) is 0 Å². The molecule has 2 saturated carbocycles. The minimum atomic E-state index is -0.224. The Morgan fingerprint density at radius 2 is 1.56 bits per heavy atom. The van der Waals surface area contributed by atoms with E-state index in [1.54, 1.807) is 0 Å². The van der Waals surface area contributed by atoms with Crippen LogP contribution in [0.4, 0.5) is 0 Å². The van der Waals surface area contributed by atoms with Gasteiger partial charge in [-0.3, -0.25) is 4.79 Å². The summed E-state index contributed by atoms with van der Waals surface area (Å²) in [5.74, 6) is 2.88. The largest absolute Gasteiger partial charge is 0.381 e. The van der Waals surface area contributed by atoms with Gasteiger partial charge in [0.15, 0.2) is 0 Å². The topological polar surface area (TPSA) is 57.2 Å². The van der Waals surface area contributed by atoms with Gasteiger partial charge in [-0.25, -0.2) is 0 Å². The summed E-state index contributed by atoms with van der Waals surface area (Å²) < 4.78 is 23.3. The molecule has 2 saturated heterocycles. The van der Waals surface area contributed by atoms with E-state index >= 15 is 0 Å². The maximum Gasteiger partial charge on any atom is 0.251 e. The second-order valence-electron chi connectivity index (χ2n) is 12.8. The van der Waals surface area contributed by atoms with Crippen molar-refractivity contribution in [3.63, 3.8) is 0 Å². The Bertz CT molecular complexity index is 662. The van der Waals surface area contributed by atoms with E-state index in [0.29, 0.717) is 30.0 Å². The molecule has 4 aliphatic rings. The first kappa shape index (κ1) is 28.3. The lowest BCUT2D eigenvalue weighted by molar-refractivity contribution is -0.142. The van der Waals surface area contributed by atoms with Gasteiger partial charge in [-0.2, -0.15) is 0 Å². The highest BCUT2D eigenvalue weighted by Gasteiger charge is 2.39. The van der Waals surface area contributed by atoms with Crippen LogP contribution in [-0.4, -0.2) is 75.2 Å². The average molecular weight is 508 g/mol. The van der Waals surface area contributed by atoms with Crippen LogP contribution < -0.4 is 0 Å². The third-order valence-electron chi connectivity index (χ3n) is 9.85. The standard InChI is InChI=1S/C30H53NO5/c1-30(2)20-24(16-19-36-30)27(23-9-13-26(34-4)14-10-23)15-17-31(29(32)28-6-5-18-35-28)21-22-7-11-25(33-3)12-8-22/h22-28H,5-21H2,1-4H3. The minimum absolute atomic E-state index is 0.0436. The van der Waals surface area contributed by atoms with Crippen molar-refractivity contribution in [1.82, 2.24) is 4.90 Å². The van der Waals surface area contributed by atoms with E-state index in [0.717, 1.165) is 90.0 Å². The molecule has 3 unspecified atom stereocenters. The molecule has 4 rings (SSSR count). The predicted octanol–water partition coefficient (Wildman–Crippen LogP) is 5.62. The van der Waals surface area contributed by atoms with E-state index in [1.165, 1.54) is 25.7 Å². The van der Waals surface area contributed by atoms with Crippen LogP contribution in [0.25, 0.3) is 0 Å². The molecule has 0 radical (unpaired) electrons. The van der Waals surface area contributed by atoms with Crippen molar-refractivity contribution in [1.29, 1.82) is 0 Å². The molecule has 4 fully saturated rings. The highest BCUT2D eigenvalue weighted by Crippen LogP contribution is 2.43. The zero-order valence-corrected chi connectivity index (χ0v) is 23.6. The number of hydrogen-bond donors (Lipinski definition) is 0. The van der Waals surface area contributed by atoms with Crippen LogP contribution in [-0.2, 0) is 23.7 Å². The molecule has 36 heavy (non-hydrogen) atoms. The third kappa shape index (κ3) is 7.68. The fourth-order valence-electron chi connectivity index (χ4n) is 7.69. The molecule has 0 aromatic rings. The molecule has 3 atom stereocenters. The fourth-order valence-corrected chi connectivity index (χ4v) is 7.69. The number of hydrogen-bond acceptors (Lipinski definition) is 5. The first-order chi connectivity index (χ1) is 17.4. The second kappa shape index (κ2) is 13.4. The van der Waals surface area contributed by atoms with Gasteiger partial charge in [0, 0.05) is 40.5 Å². The molecular weight excluding hydrogens is 454 g/mol. The molecule has 0 aromatic heterocycles. The molecule has 2 aliphatic carbocycles. The van der Waals surface area contributed by atoms with Crippen LogP contribution in [0.1, 0.15) is 97.3 Å². The molecule has 0 spiro atoms. The van der Waals surface area contributed by atoms with Crippen LogP contribution in [0.3, 0.4) is 0 Å². The van der Waals surface area contributed by atoms with Gasteiger partial charge in [0.2, 0.25) is 0 Å². The summed E-state index contributed by atoms with van der Waals surface area (Å²) in [5.41, 5.74) is -0.0436. The lowest BCUT2D eigenvalue weighted by Gasteiger charge is -2.44. The number of nitrogens with zero attached hydrogens (tertiary/aromatic N) is 1. The van der Waals surface area contributed by atoms with E-state index < -0.39 is 0 Å². The highest BCUT2D eigenvalue weighted by molar-refractivity contribution is 5.81. The third-order valence-corrected chi connectivity index (χ3v) is 9.85. The van der Waals surface area contributed by atoms with Gasteiger partial charge in [0.25, 0.3) is 5.91 Å². The molecule has 0 bridgehead atoms. The Labute approximate surface area is 220 Å². The Kier molecular flexibility index (Phi) is 10.5. The van der Waals surface area contributed by atoms with Crippen molar-refractivity contribution in [2.45, 2.75) is 121 Å². The van der Waals surface area contributed by atoms with Gasteiger partial charge in [-0.1, -0.05) is 0 Å². The maximum absolute atomic E-state index is 13.6. The summed E-state index contributed by atoms with van der Waals surface area (Å²) in [6.45, 7) is 7.85. The molecule has 2 heterocycles. The Morgan fingerprint density at radius 3 is 2.14 bits per heavy atom. The normalized spacial score (nSPS) is 35.9. The fraction of sp³-hybridized carbons (Fsp3) is 0.967. The zero-order chi connectivity index (χ0) is 25.5. The summed E-state index contributed by atoms with van der Waals surface area (Å²) in [4.78, 5) is 15.8. The van der Waals surface area contributed by atoms with Crippen LogP contribution in [0.2, 0.25) is 0 Å². The first-order valence-electron chi connectivity index (χ1n) is 15.0. The van der Waals surface area contributed by atoms with Crippen molar-refractivity contribution < 1.29 is 23.7 Å². The number of rotatable bonds is 10. The smallest absolute Gasteiger partial charge is 0.251 e. The number of carbonyl (C=O) groups is 1. The molecular formula is C30H53NO5. The van der Waals surface area contributed by atoms with E-state index in [-0.39, 0.29) is 17.6 Å². The molecule has 1 amide bonds. The van der Waals surface area contributed by atoms with Crippen LogP contribution in [0.15, 0.2) is 0 Å². The Morgan fingerprint density at radius 1 is 0.889 bits per heavy atom. The van der Waals surface area contributed by atoms with E-state index in [9.17, 15) is 4.79 Å². The molecule has 6 nitrogen and oxygen atoms in total. The summed E-state index contributed by atoms with van der Waals surface area (Å²) >= 11 is 0. The van der Waals surface area contributed by atoms with Gasteiger partial charge in [0.1, 0.15) is 6.10 Å². The number of carbonyl (C=O) groups excluding carboxylic acids is 1. The Hall–Kier alpha value is -0.690. The molecule has 2 aliphatic heterocycles. The highest BCUT2D eigenvalue weighted by atomic mass is 16.5. The minimum Gasteiger partial charge on any atom is -0.381 e. The monoisotopic (exact) mass is 507 g/mol. The number of ether oxygens (including phenoxy) is 4. The summed E-state index contributed by atoms with van der Waals surface area (Å²) in [7, 11) is 3.69. The van der Waals surface area contributed by atoms with Crippen molar-refractivity contribution in [2.24, 2.45) is 23.7 Å². The second-order valence-corrected chi connectivity index (χ2v) is 12.8. The van der Waals surface area contributed by atoms with E-state index in [2.05, 4.69) is 18.7 Å². The maximum atomic E-state index is 13.6. The van der Waals surface area contributed by atoms with Gasteiger partial charge in [0.05, 0.1) is 17.8 Å². The summed E-state index contributed by atoms with van der Waals surface area (Å²) in [5, 5.41) is 0. The SMILES string of the molecule is COC1CCC(CN(CCC(C2CCC(OC)CC2)C2CCOC(C)(C)C2)C(=O)C2CCCO2)CC1. The lowest BCUT2D eigenvalue weighted by atomic mass is 9.68. The molecule has 0 N–H and O–H groups in total. The van der Waals surface area contributed by atoms with Crippen molar-refractivity contribution in [3.05, 3.63) is 0 Å². The van der Waals surface area contributed by atoms with Crippen LogP contribution in [0.5, 0.6) is 0 Å². The lowest BCUT2D eigenvalue weighted by Crippen LogP contribution is -2.45. The van der Waals surface area contributed by atoms with Gasteiger partial charge in [-0.05, 0) is 121 Å². The number of methoxy groups -OCH3 is 2. The average Bonchev–Trinajstić information content (AvgIpc) is 3.43. The summed E-state index contributed by atoms with van der Waals surface area (Å²) in [6, 6.07) is 0. The van der Waals surface area contributed by atoms with Crippen molar-refractivity contribution in [3.8, 4) is 0 Å². The van der Waals surface area contributed by atoms with Crippen LogP contribution in [0, 0.1) is 23.7 Å². The summed E-state index contributed by atoms with van der Waals surface area (Å²) in [6.07, 6.45) is 15.3.